The van der Waals surface area contributed by atoms with Crippen molar-refractivity contribution in [3.05, 3.63) is 53.3 Å². The van der Waals surface area contributed by atoms with E-state index < -0.39 is 10.8 Å². The minimum Gasteiger partial charge on any atom is -0.455 e. The van der Waals surface area contributed by atoms with E-state index in [1.807, 2.05) is 54.8 Å². The number of rotatable bonds is 5. The number of hydrogen-bond donors (Lipinski definition) is 0. The highest BCUT2D eigenvalue weighted by atomic mass is 32.2. The first-order valence-corrected chi connectivity index (χ1v) is 10.3. The van der Waals surface area contributed by atoms with Gasteiger partial charge in [-0.2, -0.15) is 0 Å². The first-order valence-electron chi connectivity index (χ1n) is 9.33. The molecule has 0 aliphatic carbocycles. The molecule has 1 aromatic heterocycles. The Balaban J connectivity index is 1.49. The van der Waals surface area contributed by atoms with E-state index in [0.717, 1.165) is 17.1 Å². The van der Waals surface area contributed by atoms with Crippen LogP contribution < -0.4 is 0 Å². The van der Waals surface area contributed by atoms with Crippen LogP contribution in [0.15, 0.2) is 36.4 Å². The van der Waals surface area contributed by atoms with Crippen molar-refractivity contribution in [2.24, 2.45) is 0 Å². The summed E-state index contributed by atoms with van der Waals surface area (Å²) in [6.07, 6.45) is 0.806. The van der Waals surface area contributed by atoms with Gasteiger partial charge < -0.3 is 14.2 Å². The molecule has 2 aromatic rings. The number of fused-ring (bicyclic) bond motifs is 1. The standard InChI is InChI=1S/C21H22N2O4S/c1-14-12-17(15(2)23(14)16-6-4-3-5-7-16)18(24)13-27-20(26)21-9-8-19(25)22(21)10-11-28-21/h3-7,12H,8-11,13H2,1-2H3. The number of aromatic nitrogens is 1. The van der Waals surface area contributed by atoms with Crippen molar-refractivity contribution in [1.82, 2.24) is 9.47 Å². The lowest BCUT2D eigenvalue weighted by atomic mass is 10.1. The maximum absolute atomic E-state index is 12.8. The zero-order valence-corrected chi connectivity index (χ0v) is 16.8. The van der Waals surface area contributed by atoms with Gasteiger partial charge in [-0.15, -0.1) is 11.8 Å². The van der Waals surface area contributed by atoms with E-state index >= 15 is 0 Å². The van der Waals surface area contributed by atoms with E-state index in [4.69, 9.17) is 4.74 Å². The summed E-state index contributed by atoms with van der Waals surface area (Å²) in [6, 6.07) is 11.6. The average Bonchev–Trinajstić information content (AvgIpc) is 3.35. The number of nitrogens with zero attached hydrogens (tertiary/aromatic N) is 2. The van der Waals surface area contributed by atoms with Crippen LogP contribution in [-0.2, 0) is 14.3 Å². The Morgan fingerprint density at radius 1 is 1.21 bits per heavy atom. The summed E-state index contributed by atoms with van der Waals surface area (Å²) >= 11 is 1.44. The molecular formula is C21H22N2O4S. The summed E-state index contributed by atoms with van der Waals surface area (Å²) in [5.74, 6) is -0.0165. The Kier molecular flexibility index (Phi) is 4.79. The van der Waals surface area contributed by atoms with Gasteiger partial charge in [0.1, 0.15) is 0 Å². The quantitative estimate of drug-likeness (QED) is 0.572. The smallest absolute Gasteiger partial charge is 0.343 e. The molecule has 1 aromatic carbocycles. The van der Waals surface area contributed by atoms with Crippen molar-refractivity contribution in [2.75, 3.05) is 18.9 Å². The number of carbonyl (C=O) groups excluding carboxylic acids is 3. The van der Waals surface area contributed by atoms with Gasteiger partial charge >= 0.3 is 5.97 Å². The third-order valence-corrected chi connectivity index (χ3v) is 6.93. The Bertz CT molecular complexity index is 953. The third-order valence-electron chi connectivity index (χ3n) is 5.47. The summed E-state index contributed by atoms with van der Waals surface area (Å²) in [5.41, 5.74) is 3.28. The Hall–Kier alpha value is -2.54. The Morgan fingerprint density at radius 3 is 2.71 bits per heavy atom. The highest BCUT2D eigenvalue weighted by Gasteiger charge is 2.56. The second-order valence-corrected chi connectivity index (χ2v) is 8.51. The van der Waals surface area contributed by atoms with Crippen LogP contribution >= 0.6 is 11.8 Å². The normalized spacial score (nSPS) is 21.1. The number of esters is 1. The molecule has 0 saturated carbocycles. The van der Waals surface area contributed by atoms with E-state index in [1.54, 1.807) is 4.90 Å². The van der Waals surface area contributed by atoms with E-state index in [9.17, 15) is 14.4 Å². The topological polar surface area (TPSA) is 68.6 Å². The molecule has 2 fully saturated rings. The molecule has 3 heterocycles. The molecule has 146 valence electrons. The van der Waals surface area contributed by atoms with Gasteiger partial charge in [-0.1, -0.05) is 18.2 Å². The molecule has 7 heteroatoms. The highest BCUT2D eigenvalue weighted by Crippen LogP contribution is 2.45. The predicted molar refractivity (Wildman–Crippen MR) is 107 cm³/mol. The summed E-state index contributed by atoms with van der Waals surface area (Å²) in [4.78, 5) is 38.1. The van der Waals surface area contributed by atoms with Crippen LogP contribution in [0, 0.1) is 13.8 Å². The fraction of sp³-hybridized carbons (Fsp3) is 0.381. The summed E-state index contributed by atoms with van der Waals surface area (Å²) in [7, 11) is 0. The second kappa shape index (κ2) is 7.13. The SMILES string of the molecule is Cc1cc(C(=O)COC(=O)C23CCC(=O)N2CCS3)c(C)n1-c1ccccc1. The van der Waals surface area contributed by atoms with E-state index in [2.05, 4.69) is 0 Å². The van der Waals surface area contributed by atoms with Crippen molar-refractivity contribution in [2.45, 2.75) is 31.6 Å². The first-order chi connectivity index (χ1) is 13.4. The monoisotopic (exact) mass is 398 g/mol. The number of benzene rings is 1. The molecule has 0 N–H and O–H groups in total. The van der Waals surface area contributed by atoms with E-state index in [-0.39, 0.29) is 18.3 Å². The van der Waals surface area contributed by atoms with Crippen LogP contribution in [0.5, 0.6) is 0 Å². The zero-order chi connectivity index (χ0) is 19.9. The number of para-hydroxylation sites is 1. The molecule has 2 aliphatic heterocycles. The molecule has 28 heavy (non-hydrogen) atoms. The molecule has 0 bridgehead atoms. The molecular weight excluding hydrogens is 376 g/mol. The van der Waals surface area contributed by atoms with Crippen molar-refractivity contribution >= 4 is 29.4 Å². The summed E-state index contributed by atoms with van der Waals surface area (Å²) in [6.45, 7) is 4.07. The molecule has 1 unspecified atom stereocenters. The number of ketones is 1. The molecule has 2 aliphatic rings. The average molecular weight is 398 g/mol. The number of thioether (sulfide) groups is 1. The largest absolute Gasteiger partial charge is 0.455 e. The zero-order valence-electron chi connectivity index (χ0n) is 15.9. The lowest BCUT2D eigenvalue weighted by molar-refractivity contribution is -0.152. The van der Waals surface area contributed by atoms with Gasteiger partial charge in [-0.05, 0) is 38.5 Å². The number of hydrogen-bond acceptors (Lipinski definition) is 5. The summed E-state index contributed by atoms with van der Waals surface area (Å²) in [5, 5.41) is 0. The van der Waals surface area contributed by atoms with Gasteiger partial charge in [0, 0.05) is 41.4 Å². The number of Topliss-reactive ketones (excluding diaryl/α,β-unsaturated/α-hetero) is 1. The van der Waals surface area contributed by atoms with Gasteiger partial charge in [0.2, 0.25) is 11.7 Å². The molecule has 0 radical (unpaired) electrons. The minimum atomic E-state index is -0.932. The van der Waals surface area contributed by atoms with Crippen molar-refractivity contribution < 1.29 is 19.1 Å². The first kappa shape index (κ1) is 18.8. The number of ether oxygens (including phenoxy) is 1. The molecule has 6 nitrogen and oxygen atoms in total. The maximum Gasteiger partial charge on any atom is 0.343 e. The van der Waals surface area contributed by atoms with E-state index in [1.165, 1.54) is 11.8 Å². The molecule has 1 atom stereocenters. The Labute approximate surface area is 167 Å². The van der Waals surface area contributed by atoms with Gasteiger partial charge in [0.05, 0.1) is 0 Å². The minimum absolute atomic E-state index is 0.0142. The highest BCUT2D eigenvalue weighted by molar-refractivity contribution is 8.01. The second-order valence-electron chi connectivity index (χ2n) is 7.13. The molecule has 4 rings (SSSR count). The van der Waals surface area contributed by atoms with Crippen LogP contribution in [0.25, 0.3) is 5.69 Å². The number of aryl methyl sites for hydroxylation is 1. The fourth-order valence-electron chi connectivity index (χ4n) is 4.12. The molecule has 2 saturated heterocycles. The van der Waals surface area contributed by atoms with E-state index in [0.29, 0.717) is 30.7 Å². The lowest BCUT2D eigenvalue weighted by Crippen LogP contribution is -2.46. The molecule has 0 spiro atoms. The summed E-state index contributed by atoms with van der Waals surface area (Å²) < 4.78 is 7.40. The number of carbonyl (C=O) groups is 3. The van der Waals surface area contributed by atoms with Crippen LogP contribution in [0.2, 0.25) is 0 Å². The Morgan fingerprint density at radius 2 is 1.96 bits per heavy atom. The van der Waals surface area contributed by atoms with Gasteiger partial charge in [-0.25, -0.2) is 4.79 Å². The lowest BCUT2D eigenvalue weighted by Gasteiger charge is -2.28. The van der Waals surface area contributed by atoms with Crippen LogP contribution in [-0.4, -0.2) is 50.9 Å². The van der Waals surface area contributed by atoms with Crippen LogP contribution in [0.1, 0.15) is 34.6 Å². The van der Waals surface area contributed by atoms with Gasteiger partial charge in [0.25, 0.3) is 0 Å². The van der Waals surface area contributed by atoms with Crippen molar-refractivity contribution in [3.8, 4) is 5.69 Å². The van der Waals surface area contributed by atoms with Crippen LogP contribution in [0.3, 0.4) is 0 Å². The fourth-order valence-corrected chi connectivity index (χ4v) is 5.50. The van der Waals surface area contributed by atoms with Crippen molar-refractivity contribution in [3.63, 3.8) is 0 Å². The predicted octanol–water partition coefficient (Wildman–Crippen LogP) is 2.89. The van der Waals surface area contributed by atoms with Gasteiger partial charge in [0.15, 0.2) is 11.5 Å². The third kappa shape index (κ3) is 2.94. The molecule has 1 amide bonds. The van der Waals surface area contributed by atoms with Crippen LogP contribution in [0.4, 0.5) is 0 Å². The number of amides is 1. The van der Waals surface area contributed by atoms with Gasteiger partial charge in [-0.3, -0.25) is 9.59 Å². The van der Waals surface area contributed by atoms with Crippen molar-refractivity contribution in [1.29, 1.82) is 0 Å². The maximum atomic E-state index is 12.8.